The smallest absolute Gasteiger partial charge is 0.483 e. The summed E-state index contributed by atoms with van der Waals surface area (Å²) in [7, 11) is 1.33. The van der Waals surface area contributed by atoms with Gasteiger partial charge in [0.1, 0.15) is 17.3 Å². The fourth-order valence-electron chi connectivity index (χ4n) is 1.40. The lowest BCUT2D eigenvalue weighted by molar-refractivity contribution is -0.384. The third-order valence-electron chi connectivity index (χ3n) is 2.34. The number of ether oxygens (including phenoxy) is 2. The first kappa shape index (κ1) is 21.9. The van der Waals surface area contributed by atoms with Crippen molar-refractivity contribution in [2.24, 2.45) is 11.5 Å². The largest absolute Gasteiger partial charge is 0.573 e. The zero-order valence-electron chi connectivity index (χ0n) is 13.8. The van der Waals surface area contributed by atoms with E-state index in [1.54, 1.807) is 0 Å². The van der Waals surface area contributed by atoms with Gasteiger partial charge in [-0.3, -0.25) is 10.1 Å². The molecule has 0 aliphatic heterocycles. The van der Waals surface area contributed by atoms with E-state index in [4.69, 9.17) is 11.5 Å². The van der Waals surface area contributed by atoms with Gasteiger partial charge in [0.05, 0.1) is 18.1 Å². The quantitative estimate of drug-likeness (QED) is 0.306. The van der Waals surface area contributed by atoms with Crippen LogP contribution in [0.3, 0.4) is 0 Å². The van der Waals surface area contributed by atoms with Crippen molar-refractivity contribution in [1.29, 1.82) is 0 Å². The van der Waals surface area contributed by atoms with Gasteiger partial charge in [-0.05, 0) is 18.2 Å². The summed E-state index contributed by atoms with van der Waals surface area (Å²) in [5, 5.41) is 13.4. The summed E-state index contributed by atoms with van der Waals surface area (Å²) >= 11 is 0. The van der Waals surface area contributed by atoms with Crippen molar-refractivity contribution in [3.63, 3.8) is 0 Å². The minimum Gasteiger partial charge on any atom is -0.483 e. The maximum atomic E-state index is 12.1. The van der Waals surface area contributed by atoms with Gasteiger partial charge in [0.15, 0.2) is 5.88 Å². The van der Waals surface area contributed by atoms with Crippen molar-refractivity contribution in [2.45, 2.75) is 20.2 Å². The highest BCUT2D eigenvalue weighted by atomic mass is 19.4. The van der Waals surface area contributed by atoms with E-state index in [1.807, 2.05) is 13.8 Å². The number of allylic oxidation sites excluding steroid dienone is 2. The second kappa shape index (κ2) is 9.90. The fraction of sp³-hybridized carbons (Fsp3) is 0.286. The summed E-state index contributed by atoms with van der Waals surface area (Å²) in [5.41, 5.74) is 10.2. The van der Waals surface area contributed by atoms with Crippen LogP contribution >= 0.6 is 0 Å². The zero-order chi connectivity index (χ0) is 19.6. The highest BCUT2D eigenvalue weighted by Gasteiger charge is 2.32. The number of nitrogens with zero attached hydrogens (tertiary/aromatic N) is 1. The van der Waals surface area contributed by atoms with Gasteiger partial charge in [0.2, 0.25) is 0 Å². The predicted molar refractivity (Wildman–Crippen MR) is 86.3 cm³/mol. The lowest BCUT2D eigenvalue weighted by atomic mass is 10.2. The third kappa shape index (κ3) is 8.34. The van der Waals surface area contributed by atoms with Gasteiger partial charge in [0.25, 0.3) is 5.69 Å². The minimum atomic E-state index is -4.95. The van der Waals surface area contributed by atoms with E-state index in [2.05, 4.69) is 14.8 Å². The Balaban J connectivity index is 0.00000277. The normalized spacial score (nSPS) is 11.9. The monoisotopic (exact) mass is 364 g/mol. The molecular weight excluding hydrogens is 345 g/mol. The number of hydrogen-bond acceptors (Lipinski definition) is 7. The van der Waals surface area contributed by atoms with Crippen LogP contribution in [0.2, 0.25) is 0 Å². The van der Waals surface area contributed by atoms with Crippen LogP contribution in [0.5, 0.6) is 5.75 Å². The highest BCUT2D eigenvalue weighted by molar-refractivity contribution is 5.66. The van der Waals surface area contributed by atoms with E-state index < -0.39 is 22.7 Å². The Labute approximate surface area is 142 Å². The average Bonchev–Trinajstić information content (AvgIpc) is 2.54. The molecule has 140 valence electrons. The Morgan fingerprint density at radius 2 is 1.88 bits per heavy atom. The van der Waals surface area contributed by atoms with E-state index in [1.165, 1.54) is 19.3 Å². The molecule has 0 radical (unpaired) electrons. The second-order valence-electron chi connectivity index (χ2n) is 4.00. The van der Waals surface area contributed by atoms with E-state index in [-0.39, 0.29) is 17.4 Å². The van der Waals surface area contributed by atoms with Gasteiger partial charge >= 0.3 is 6.36 Å². The molecule has 0 fully saturated rings. The van der Waals surface area contributed by atoms with Crippen LogP contribution in [0, 0.1) is 10.1 Å². The maximum Gasteiger partial charge on any atom is 0.573 e. The van der Waals surface area contributed by atoms with Crippen molar-refractivity contribution in [3.8, 4) is 5.75 Å². The third-order valence-corrected chi connectivity index (χ3v) is 2.34. The highest BCUT2D eigenvalue weighted by Crippen LogP contribution is 2.32. The molecule has 0 saturated heterocycles. The standard InChI is InChI=1S/C12H13F3N4O4.C2H6/c1-22-11(17)5-4-10(16)18-8-3-2-7(23-12(13,14)15)6-9(8)19(20)21;1-2/h2-6,18H,16-17H2,1H3;1-2H3/b10-4+,11-5+;. The first-order valence-electron chi connectivity index (χ1n) is 6.90. The fourth-order valence-corrected chi connectivity index (χ4v) is 1.40. The summed E-state index contributed by atoms with van der Waals surface area (Å²) in [6.07, 6.45) is -2.40. The average molecular weight is 364 g/mol. The molecule has 0 aliphatic rings. The number of halogens is 3. The van der Waals surface area contributed by atoms with Crippen molar-refractivity contribution in [1.82, 2.24) is 0 Å². The number of nitro groups is 1. The van der Waals surface area contributed by atoms with Crippen LogP contribution in [0.4, 0.5) is 24.5 Å². The van der Waals surface area contributed by atoms with Crippen LogP contribution < -0.4 is 21.5 Å². The van der Waals surface area contributed by atoms with Gasteiger partial charge in [-0.25, -0.2) is 0 Å². The molecule has 0 amide bonds. The van der Waals surface area contributed by atoms with Gasteiger partial charge in [-0.1, -0.05) is 13.8 Å². The number of alkyl halides is 3. The zero-order valence-corrected chi connectivity index (χ0v) is 13.8. The first-order valence-corrected chi connectivity index (χ1v) is 6.90. The molecule has 1 aromatic carbocycles. The molecule has 0 heterocycles. The molecule has 1 rings (SSSR count). The van der Waals surface area contributed by atoms with Crippen molar-refractivity contribution < 1.29 is 27.6 Å². The molecule has 25 heavy (non-hydrogen) atoms. The van der Waals surface area contributed by atoms with Crippen molar-refractivity contribution in [3.05, 3.63) is 52.2 Å². The Morgan fingerprint density at radius 3 is 2.36 bits per heavy atom. The molecule has 0 saturated carbocycles. The number of nitrogens with one attached hydrogen (secondary N) is 1. The molecule has 0 aliphatic carbocycles. The maximum absolute atomic E-state index is 12.1. The van der Waals surface area contributed by atoms with Gasteiger partial charge in [0, 0.05) is 6.08 Å². The molecular formula is C14H19F3N4O4. The Morgan fingerprint density at radius 1 is 1.28 bits per heavy atom. The summed E-state index contributed by atoms with van der Waals surface area (Å²) in [6.45, 7) is 4.00. The van der Waals surface area contributed by atoms with E-state index >= 15 is 0 Å². The first-order chi connectivity index (χ1) is 11.6. The number of hydrogen-bond donors (Lipinski definition) is 3. The summed E-state index contributed by atoms with van der Waals surface area (Å²) in [6, 6.07) is 2.57. The molecule has 11 heteroatoms. The Hall–Kier alpha value is -3.11. The number of anilines is 1. The topological polar surface area (TPSA) is 126 Å². The van der Waals surface area contributed by atoms with Gasteiger partial charge in [-0.2, -0.15) is 0 Å². The molecule has 0 bridgehead atoms. The van der Waals surface area contributed by atoms with Crippen LogP contribution in [-0.2, 0) is 4.74 Å². The molecule has 1 aromatic rings. The van der Waals surface area contributed by atoms with E-state index in [0.717, 1.165) is 12.1 Å². The van der Waals surface area contributed by atoms with Gasteiger partial charge < -0.3 is 26.3 Å². The van der Waals surface area contributed by atoms with E-state index in [0.29, 0.717) is 6.07 Å². The molecule has 0 unspecified atom stereocenters. The van der Waals surface area contributed by atoms with E-state index in [9.17, 15) is 23.3 Å². The van der Waals surface area contributed by atoms with Crippen LogP contribution in [0.1, 0.15) is 13.8 Å². The number of nitro benzene ring substituents is 1. The Kier molecular flexibility index (Phi) is 8.67. The summed E-state index contributed by atoms with van der Waals surface area (Å²) in [4.78, 5) is 10.1. The second-order valence-corrected chi connectivity index (χ2v) is 4.00. The van der Waals surface area contributed by atoms with Crippen molar-refractivity contribution >= 4 is 11.4 Å². The van der Waals surface area contributed by atoms with Crippen LogP contribution in [-0.4, -0.2) is 18.4 Å². The number of nitrogens with two attached hydrogens (primary N) is 2. The lowest BCUT2D eigenvalue weighted by Crippen LogP contribution is -2.17. The minimum absolute atomic E-state index is 0.0400. The molecule has 8 nitrogen and oxygen atoms in total. The Bertz CT molecular complexity index is 645. The van der Waals surface area contributed by atoms with Crippen LogP contribution in [0.15, 0.2) is 42.1 Å². The van der Waals surface area contributed by atoms with Crippen molar-refractivity contribution in [2.75, 3.05) is 12.4 Å². The van der Waals surface area contributed by atoms with Crippen LogP contribution in [0.25, 0.3) is 0 Å². The number of methoxy groups -OCH3 is 1. The summed E-state index contributed by atoms with van der Waals surface area (Å²) < 4.78 is 44.7. The number of benzene rings is 1. The van der Waals surface area contributed by atoms with Gasteiger partial charge in [-0.15, -0.1) is 13.2 Å². The summed E-state index contributed by atoms with van der Waals surface area (Å²) in [5.74, 6) is -0.725. The lowest BCUT2D eigenvalue weighted by Gasteiger charge is -2.11. The molecule has 0 spiro atoms. The predicted octanol–water partition coefficient (Wildman–Crippen LogP) is 3.18. The SMILES string of the molecule is CC.CO/C(N)=C/C=C(\N)Nc1ccc(OC(F)(F)F)cc1[N+](=O)[O-]. The molecule has 0 atom stereocenters. The number of rotatable bonds is 6. The molecule has 0 aromatic heterocycles. The molecule has 5 N–H and O–H groups in total.